The van der Waals surface area contributed by atoms with Crippen LogP contribution in [0.15, 0.2) is 23.8 Å². The summed E-state index contributed by atoms with van der Waals surface area (Å²) in [4.78, 5) is 0. The van der Waals surface area contributed by atoms with Gasteiger partial charge in [-0.05, 0) is 87.5 Å². The molecule has 5 heteroatoms. The minimum absolute atomic E-state index is 0.0489. The summed E-state index contributed by atoms with van der Waals surface area (Å²) in [6, 6.07) is 0. The van der Waals surface area contributed by atoms with E-state index in [4.69, 9.17) is 18.9 Å². The second kappa shape index (κ2) is 11.1. The highest BCUT2D eigenvalue weighted by molar-refractivity contribution is 5.21. The van der Waals surface area contributed by atoms with Crippen LogP contribution in [0.3, 0.4) is 0 Å². The lowest BCUT2D eigenvalue weighted by Crippen LogP contribution is -2.32. The Morgan fingerprint density at radius 2 is 1.69 bits per heavy atom. The molecule has 2 saturated heterocycles. The van der Waals surface area contributed by atoms with E-state index in [1.54, 1.807) is 0 Å². The normalized spacial score (nSPS) is 39.5. The quantitative estimate of drug-likeness (QED) is 0.524. The van der Waals surface area contributed by atoms with Gasteiger partial charge in [-0.25, -0.2) is 0 Å². The first kappa shape index (κ1) is 23.0. The van der Waals surface area contributed by atoms with Crippen molar-refractivity contribution >= 4 is 0 Å². The van der Waals surface area contributed by atoms with E-state index in [2.05, 4.69) is 18.2 Å². The zero-order valence-electron chi connectivity index (χ0n) is 19.5. The Morgan fingerprint density at radius 1 is 0.969 bits per heavy atom. The van der Waals surface area contributed by atoms with Gasteiger partial charge in [-0.2, -0.15) is 0 Å². The Labute approximate surface area is 193 Å². The molecule has 2 aliphatic heterocycles. The minimum Gasteiger partial charge on any atom is -0.392 e. The number of fused-ring (bicyclic) bond motifs is 1. The number of aliphatic hydroxyl groups is 1. The zero-order valence-corrected chi connectivity index (χ0v) is 19.5. The molecule has 2 unspecified atom stereocenters. The fraction of sp³-hybridized carbons (Fsp3) is 0.852. The molecule has 5 aliphatic rings. The highest BCUT2D eigenvalue weighted by atomic mass is 16.7. The summed E-state index contributed by atoms with van der Waals surface area (Å²) in [5, 5.41) is 9.71. The van der Waals surface area contributed by atoms with E-state index in [1.165, 1.54) is 44.1 Å². The predicted molar refractivity (Wildman–Crippen MR) is 123 cm³/mol. The molecule has 0 bridgehead atoms. The minimum atomic E-state index is -0.0534. The van der Waals surface area contributed by atoms with Crippen LogP contribution in [0.4, 0.5) is 0 Å². The first-order chi connectivity index (χ1) is 15.8. The van der Waals surface area contributed by atoms with Gasteiger partial charge < -0.3 is 24.1 Å². The molecule has 5 nitrogen and oxygen atoms in total. The molecule has 3 aliphatic carbocycles. The number of aliphatic hydroxyl groups excluding tert-OH is 1. The van der Waals surface area contributed by atoms with Crippen molar-refractivity contribution in [2.45, 2.75) is 102 Å². The van der Waals surface area contributed by atoms with Crippen LogP contribution in [-0.4, -0.2) is 49.7 Å². The Hall–Kier alpha value is -0.720. The molecule has 2 heterocycles. The number of ether oxygens (including phenoxy) is 4. The SMILES string of the molecule is OCC1=C[C@H]2C[C@@H](OC3CCCCO3)[C@@H](C=C[C@@H](OC3CCCCO3)C3CCCC3)[C@@H]2C1. The first-order valence-corrected chi connectivity index (χ1v) is 13.3. The predicted octanol–water partition coefficient (Wildman–Crippen LogP) is 5.13. The Balaban J connectivity index is 1.29. The van der Waals surface area contributed by atoms with Crippen LogP contribution >= 0.6 is 0 Å². The molecule has 0 spiro atoms. The number of rotatable bonds is 8. The van der Waals surface area contributed by atoms with Crippen molar-refractivity contribution in [1.29, 1.82) is 0 Å². The van der Waals surface area contributed by atoms with Crippen LogP contribution in [-0.2, 0) is 18.9 Å². The summed E-state index contributed by atoms with van der Waals surface area (Å²) in [6.45, 7) is 1.83. The van der Waals surface area contributed by atoms with Gasteiger partial charge >= 0.3 is 0 Å². The molecule has 2 saturated carbocycles. The summed E-state index contributed by atoms with van der Waals surface area (Å²) in [5.41, 5.74) is 1.20. The van der Waals surface area contributed by atoms with Crippen molar-refractivity contribution in [2.75, 3.05) is 19.8 Å². The lowest BCUT2D eigenvalue weighted by atomic mass is 9.88. The second-order valence-electron chi connectivity index (χ2n) is 10.6. The van der Waals surface area contributed by atoms with E-state index in [9.17, 15) is 5.11 Å². The lowest BCUT2D eigenvalue weighted by Gasteiger charge is -2.31. The van der Waals surface area contributed by atoms with Gasteiger partial charge in [0.25, 0.3) is 0 Å². The van der Waals surface area contributed by atoms with Gasteiger partial charge in [0.1, 0.15) is 0 Å². The third-order valence-corrected chi connectivity index (χ3v) is 8.43. The Morgan fingerprint density at radius 3 is 2.38 bits per heavy atom. The van der Waals surface area contributed by atoms with Crippen LogP contribution < -0.4 is 0 Å². The van der Waals surface area contributed by atoms with Crippen molar-refractivity contribution in [1.82, 2.24) is 0 Å². The fourth-order valence-corrected chi connectivity index (χ4v) is 6.69. The van der Waals surface area contributed by atoms with Gasteiger partial charge in [0.2, 0.25) is 0 Å². The maximum atomic E-state index is 9.71. The molecule has 180 valence electrons. The third kappa shape index (κ3) is 5.50. The molecule has 0 aromatic rings. The molecule has 0 aromatic carbocycles. The molecule has 0 amide bonds. The first-order valence-electron chi connectivity index (χ1n) is 13.3. The van der Waals surface area contributed by atoms with Gasteiger partial charge in [-0.3, -0.25) is 0 Å². The fourth-order valence-electron chi connectivity index (χ4n) is 6.69. The number of hydrogen-bond acceptors (Lipinski definition) is 5. The average molecular weight is 447 g/mol. The second-order valence-corrected chi connectivity index (χ2v) is 10.6. The maximum Gasteiger partial charge on any atom is 0.158 e. The van der Waals surface area contributed by atoms with Gasteiger partial charge in [-0.15, -0.1) is 0 Å². The molecular formula is C27H42O5. The molecule has 5 rings (SSSR count). The molecule has 0 aromatic heterocycles. The molecule has 32 heavy (non-hydrogen) atoms. The van der Waals surface area contributed by atoms with E-state index in [1.807, 2.05) is 0 Å². The zero-order chi connectivity index (χ0) is 21.8. The van der Waals surface area contributed by atoms with Gasteiger partial charge in [-0.1, -0.05) is 31.1 Å². The van der Waals surface area contributed by atoms with Gasteiger partial charge in [0.05, 0.1) is 18.8 Å². The van der Waals surface area contributed by atoms with Crippen molar-refractivity contribution in [2.24, 2.45) is 23.7 Å². The van der Waals surface area contributed by atoms with E-state index in [-0.39, 0.29) is 31.4 Å². The summed E-state index contributed by atoms with van der Waals surface area (Å²) >= 11 is 0. The molecular weight excluding hydrogens is 404 g/mol. The highest BCUT2D eigenvalue weighted by Gasteiger charge is 2.45. The van der Waals surface area contributed by atoms with Gasteiger partial charge in [0, 0.05) is 19.1 Å². The van der Waals surface area contributed by atoms with Crippen LogP contribution in [0.2, 0.25) is 0 Å². The van der Waals surface area contributed by atoms with Gasteiger partial charge in [0.15, 0.2) is 12.6 Å². The molecule has 1 N–H and O–H groups in total. The summed E-state index contributed by atoms with van der Waals surface area (Å²) in [6.07, 6.45) is 21.2. The smallest absolute Gasteiger partial charge is 0.158 e. The van der Waals surface area contributed by atoms with E-state index >= 15 is 0 Å². The summed E-state index contributed by atoms with van der Waals surface area (Å²) in [5.74, 6) is 1.99. The largest absolute Gasteiger partial charge is 0.392 e. The standard InChI is InChI=1S/C27H42O5/c28-18-19-15-21-17-25(32-27-10-4-6-14-30-27)22(23(21)16-19)11-12-24(20-7-1-2-8-20)31-26-9-3-5-13-29-26/h11-12,15,20-28H,1-10,13-14,16-18H2/t21-,22-,23+,24+,25+,26?,27?/m0/s1. The monoisotopic (exact) mass is 446 g/mol. The highest BCUT2D eigenvalue weighted by Crippen LogP contribution is 2.49. The maximum absolute atomic E-state index is 9.71. The van der Waals surface area contributed by atoms with E-state index in [0.29, 0.717) is 23.7 Å². The Kier molecular flexibility index (Phi) is 8.02. The van der Waals surface area contributed by atoms with Crippen LogP contribution in [0, 0.1) is 23.7 Å². The summed E-state index contributed by atoms with van der Waals surface area (Å²) in [7, 11) is 0. The van der Waals surface area contributed by atoms with Crippen molar-refractivity contribution in [3.05, 3.63) is 23.8 Å². The average Bonchev–Trinajstić information content (AvgIpc) is 3.55. The molecule has 0 radical (unpaired) electrons. The van der Waals surface area contributed by atoms with Crippen LogP contribution in [0.25, 0.3) is 0 Å². The van der Waals surface area contributed by atoms with Crippen molar-refractivity contribution in [3.63, 3.8) is 0 Å². The summed E-state index contributed by atoms with van der Waals surface area (Å²) < 4.78 is 24.9. The molecule has 4 fully saturated rings. The van der Waals surface area contributed by atoms with E-state index < -0.39 is 0 Å². The van der Waals surface area contributed by atoms with Crippen molar-refractivity contribution in [3.8, 4) is 0 Å². The lowest BCUT2D eigenvalue weighted by molar-refractivity contribution is -0.193. The van der Waals surface area contributed by atoms with Crippen LogP contribution in [0.5, 0.6) is 0 Å². The third-order valence-electron chi connectivity index (χ3n) is 8.43. The number of hydrogen-bond donors (Lipinski definition) is 1. The molecule has 7 atom stereocenters. The topological polar surface area (TPSA) is 57.2 Å². The number of allylic oxidation sites excluding steroid dienone is 1. The van der Waals surface area contributed by atoms with Crippen LogP contribution in [0.1, 0.15) is 77.0 Å². The Bertz CT molecular complexity index is 642. The van der Waals surface area contributed by atoms with E-state index in [0.717, 1.165) is 51.7 Å². The van der Waals surface area contributed by atoms with Crippen molar-refractivity contribution < 1.29 is 24.1 Å².